The van der Waals surface area contributed by atoms with Crippen LogP contribution in [-0.4, -0.2) is 36.1 Å². The van der Waals surface area contributed by atoms with Gasteiger partial charge in [-0.05, 0) is 37.5 Å². The van der Waals surface area contributed by atoms with Crippen LogP contribution in [0, 0.1) is 17.0 Å². The van der Waals surface area contributed by atoms with Crippen molar-refractivity contribution in [2.45, 2.75) is 38.0 Å². The number of nitrogens with one attached hydrogen (secondary N) is 1. The molecule has 1 unspecified atom stereocenters. The van der Waals surface area contributed by atoms with E-state index >= 15 is 0 Å². The van der Waals surface area contributed by atoms with Gasteiger partial charge >= 0.3 is 6.18 Å². The summed E-state index contributed by atoms with van der Waals surface area (Å²) >= 11 is 0. The van der Waals surface area contributed by atoms with E-state index in [1.54, 1.807) is 6.92 Å². The number of amides is 1. The molecule has 0 spiro atoms. The maximum atomic E-state index is 13.4. The van der Waals surface area contributed by atoms with E-state index in [1.165, 1.54) is 11.0 Å². The molecule has 1 aromatic rings. The number of rotatable bonds is 2. The van der Waals surface area contributed by atoms with Crippen molar-refractivity contribution in [1.29, 1.82) is 0 Å². The number of piperazine rings is 1. The van der Waals surface area contributed by atoms with Crippen LogP contribution in [0.2, 0.25) is 0 Å². The van der Waals surface area contributed by atoms with Crippen LogP contribution in [0.4, 0.5) is 22.0 Å². The maximum Gasteiger partial charge on any atom is 0.403 e. The van der Waals surface area contributed by atoms with Gasteiger partial charge < -0.3 is 10.2 Å². The molecule has 2 atom stereocenters. The van der Waals surface area contributed by atoms with E-state index in [2.05, 4.69) is 5.32 Å². The minimum Gasteiger partial charge on any atom is -0.336 e. The fourth-order valence-electron chi connectivity index (χ4n) is 3.12. The molecule has 1 saturated carbocycles. The lowest BCUT2D eigenvalue weighted by Gasteiger charge is -2.41. The Balaban J connectivity index is 1.81. The topological polar surface area (TPSA) is 32.3 Å². The lowest BCUT2D eigenvalue weighted by Crippen LogP contribution is -2.57. The molecule has 0 bridgehead atoms. The minimum absolute atomic E-state index is 0.0110. The average molecular weight is 348 g/mol. The van der Waals surface area contributed by atoms with Crippen molar-refractivity contribution < 1.29 is 26.7 Å². The first kappa shape index (κ1) is 17.1. The molecular formula is C16H17F5N2O. The van der Waals surface area contributed by atoms with Crippen LogP contribution in [-0.2, 0) is 4.79 Å². The summed E-state index contributed by atoms with van der Waals surface area (Å²) in [5, 5.41) is 3.06. The van der Waals surface area contributed by atoms with Crippen molar-refractivity contribution in [3.63, 3.8) is 0 Å². The zero-order valence-electron chi connectivity index (χ0n) is 13.0. The SMILES string of the molecule is C[C@@H]1CNC(c2ccc(F)c(F)c2)CN1C(=O)C1(C(F)(F)F)CC1. The molecule has 2 fully saturated rings. The Bertz CT molecular complexity index is 656. The zero-order valence-corrected chi connectivity index (χ0v) is 13.0. The quantitative estimate of drug-likeness (QED) is 0.833. The van der Waals surface area contributed by atoms with E-state index < -0.39 is 41.2 Å². The Morgan fingerprint density at radius 1 is 1.25 bits per heavy atom. The van der Waals surface area contributed by atoms with Crippen molar-refractivity contribution in [2.24, 2.45) is 5.41 Å². The third kappa shape index (κ3) is 2.76. The summed E-state index contributed by atoms with van der Waals surface area (Å²) in [7, 11) is 0. The van der Waals surface area contributed by atoms with Crippen LogP contribution in [0.1, 0.15) is 31.4 Å². The fourth-order valence-corrected chi connectivity index (χ4v) is 3.12. The van der Waals surface area contributed by atoms with Gasteiger partial charge in [0.15, 0.2) is 11.6 Å². The molecule has 8 heteroatoms. The van der Waals surface area contributed by atoms with Gasteiger partial charge in [0.05, 0.1) is 6.04 Å². The maximum absolute atomic E-state index is 13.4. The molecule has 1 N–H and O–H groups in total. The number of halogens is 5. The first-order valence-corrected chi connectivity index (χ1v) is 7.72. The van der Waals surface area contributed by atoms with Crippen LogP contribution in [0.3, 0.4) is 0 Å². The first-order chi connectivity index (χ1) is 11.2. The zero-order chi connectivity index (χ0) is 17.7. The number of hydrogen-bond donors (Lipinski definition) is 1. The molecule has 2 aliphatic rings. The third-order valence-electron chi connectivity index (χ3n) is 4.88. The molecular weight excluding hydrogens is 331 g/mol. The third-order valence-corrected chi connectivity index (χ3v) is 4.88. The predicted molar refractivity (Wildman–Crippen MR) is 76.0 cm³/mol. The van der Waals surface area contributed by atoms with Crippen LogP contribution in [0.15, 0.2) is 18.2 Å². The molecule has 3 nitrogen and oxygen atoms in total. The fraction of sp³-hybridized carbons (Fsp3) is 0.562. The molecule has 1 aromatic carbocycles. The van der Waals surface area contributed by atoms with E-state index in [0.717, 1.165) is 12.1 Å². The number of carbonyl (C=O) groups excluding carboxylic acids is 1. The Hall–Kier alpha value is -1.70. The second kappa shape index (κ2) is 5.68. The highest BCUT2D eigenvalue weighted by Gasteiger charge is 2.69. The van der Waals surface area contributed by atoms with Crippen molar-refractivity contribution in [1.82, 2.24) is 10.2 Å². The second-order valence-electron chi connectivity index (χ2n) is 6.52. The molecule has 3 rings (SSSR count). The van der Waals surface area contributed by atoms with Gasteiger partial charge in [-0.25, -0.2) is 8.78 Å². The van der Waals surface area contributed by atoms with Crippen LogP contribution in [0.5, 0.6) is 0 Å². The van der Waals surface area contributed by atoms with E-state index in [-0.39, 0.29) is 25.9 Å². The standard InChI is InChI=1S/C16H17F5N2O/c1-9-7-22-13(10-2-3-11(17)12(18)6-10)8-23(9)14(24)15(4-5-15)16(19,20)21/h2-3,6,9,13,22H,4-5,7-8H2,1H3/t9-,13?/m1/s1. The smallest absolute Gasteiger partial charge is 0.336 e. The Morgan fingerprint density at radius 3 is 2.46 bits per heavy atom. The molecule has 1 aliphatic carbocycles. The van der Waals surface area contributed by atoms with Gasteiger partial charge in [0.1, 0.15) is 5.41 Å². The molecule has 132 valence electrons. The Kier molecular flexibility index (Phi) is 4.06. The summed E-state index contributed by atoms with van der Waals surface area (Å²) in [5.74, 6) is -2.94. The molecule has 1 aliphatic heterocycles. The highest BCUT2D eigenvalue weighted by molar-refractivity contribution is 5.86. The molecule has 0 aromatic heterocycles. The average Bonchev–Trinajstić information content (AvgIpc) is 3.31. The predicted octanol–water partition coefficient (Wildman–Crippen LogP) is 3.17. The largest absolute Gasteiger partial charge is 0.403 e. The van der Waals surface area contributed by atoms with Gasteiger partial charge in [-0.1, -0.05) is 6.07 Å². The molecule has 1 heterocycles. The van der Waals surface area contributed by atoms with Crippen molar-refractivity contribution in [3.8, 4) is 0 Å². The Labute approximate surface area is 135 Å². The number of carbonyl (C=O) groups is 1. The molecule has 0 radical (unpaired) electrons. The van der Waals surface area contributed by atoms with E-state index in [1.807, 2.05) is 0 Å². The molecule has 24 heavy (non-hydrogen) atoms. The summed E-state index contributed by atoms with van der Waals surface area (Å²) in [4.78, 5) is 13.7. The molecule has 1 amide bonds. The minimum atomic E-state index is -4.56. The number of benzene rings is 1. The van der Waals surface area contributed by atoms with Crippen LogP contribution < -0.4 is 5.32 Å². The van der Waals surface area contributed by atoms with E-state index in [4.69, 9.17) is 0 Å². The van der Waals surface area contributed by atoms with E-state index in [9.17, 15) is 26.7 Å². The van der Waals surface area contributed by atoms with Crippen molar-refractivity contribution >= 4 is 5.91 Å². The summed E-state index contributed by atoms with van der Waals surface area (Å²) < 4.78 is 66.0. The monoisotopic (exact) mass is 348 g/mol. The highest BCUT2D eigenvalue weighted by Crippen LogP contribution is 2.59. The van der Waals surface area contributed by atoms with Gasteiger partial charge in [-0.15, -0.1) is 0 Å². The van der Waals surface area contributed by atoms with Gasteiger partial charge in [0.25, 0.3) is 0 Å². The molecule has 1 saturated heterocycles. The number of alkyl halides is 3. The van der Waals surface area contributed by atoms with Gasteiger partial charge in [-0.3, -0.25) is 4.79 Å². The van der Waals surface area contributed by atoms with Gasteiger partial charge in [-0.2, -0.15) is 13.2 Å². The summed E-state index contributed by atoms with van der Waals surface area (Å²) in [6.07, 6.45) is -4.95. The van der Waals surface area contributed by atoms with Gasteiger partial charge in [0, 0.05) is 19.1 Å². The lowest BCUT2D eigenvalue weighted by molar-refractivity contribution is -0.200. The van der Waals surface area contributed by atoms with E-state index in [0.29, 0.717) is 5.56 Å². The Morgan fingerprint density at radius 2 is 1.92 bits per heavy atom. The number of nitrogens with zero attached hydrogens (tertiary/aromatic N) is 1. The van der Waals surface area contributed by atoms with Crippen LogP contribution >= 0.6 is 0 Å². The first-order valence-electron chi connectivity index (χ1n) is 7.72. The van der Waals surface area contributed by atoms with Crippen LogP contribution in [0.25, 0.3) is 0 Å². The van der Waals surface area contributed by atoms with Crippen molar-refractivity contribution in [2.75, 3.05) is 13.1 Å². The number of hydrogen-bond acceptors (Lipinski definition) is 2. The normalized spacial score (nSPS) is 26.3. The summed E-state index contributed by atoms with van der Waals surface area (Å²) in [6, 6.07) is 2.39. The van der Waals surface area contributed by atoms with Gasteiger partial charge in [0.2, 0.25) is 5.91 Å². The lowest BCUT2D eigenvalue weighted by atomic mass is 9.98. The second-order valence-corrected chi connectivity index (χ2v) is 6.52. The summed E-state index contributed by atoms with van der Waals surface area (Å²) in [6.45, 7) is 1.94. The van der Waals surface area contributed by atoms with Crippen molar-refractivity contribution in [3.05, 3.63) is 35.4 Å². The highest BCUT2D eigenvalue weighted by atomic mass is 19.4. The summed E-state index contributed by atoms with van der Waals surface area (Å²) in [5.41, 5.74) is -1.87.